The highest BCUT2D eigenvalue weighted by molar-refractivity contribution is 5.60. The summed E-state index contributed by atoms with van der Waals surface area (Å²) in [5.41, 5.74) is 8.61. The molecule has 1 aromatic carbocycles. The Morgan fingerprint density at radius 1 is 1.17 bits per heavy atom. The summed E-state index contributed by atoms with van der Waals surface area (Å²) in [4.78, 5) is 4.06. The summed E-state index contributed by atoms with van der Waals surface area (Å²) in [6, 6.07) is 11.7. The predicted molar refractivity (Wildman–Crippen MR) is 105 cm³/mol. The fourth-order valence-corrected chi connectivity index (χ4v) is 2.79. The second kappa shape index (κ2) is 8.21. The van der Waals surface area contributed by atoms with E-state index in [1.807, 2.05) is 18.2 Å². The minimum absolute atomic E-state index is 0.102. The van der Waals surface area contributed by atoms with E-state index in [0.717, 1.165) is 11.3 Å². The number of rotatable bonds is 7. The summed E-state index contributed by atoms with van der Waals surface area (Å²) in [6.45, 7) is 0.325. The molecule has 0 amide bonds. The van der Waals surface area contributed by atoms with Gasteiger partial charge < -0.3 is 15.6 Å². The Morgan fingerprint density at radius 2 is 2.00 bits per heavy atom. The molecule has 0 unspecified atom stereocenters. The van der Waals surface area contributed by atoms with E-state index in [9.17, 15) is 4.39 Å². The van der Waals surface area contributed by atoms with Crippen LogP contribution in [0, 0.1) is 5.82 Å². The van der Waals surface area contributed by atoms with Gasteiger partial charge in [-0.1, -0.05) is 0 Å². The average molecular weight is 394 g/mol. The number of benzene rings is 1. The highest BCUT2D eigenvalue weighted by Gasteiger charge is 2.11. The largest absolute Gasteiger partial charge is 0.436 e. The molecule has 0 aliphatic heterocycles. The molecule has 0 aliphatic rings. The lowest BCUT2D eigenvalue weighted by Crippen LogP contribution is -2.30. The van der Waals surface area contributed by atoms with Crippen LogP contribution in [-0.2, 0) is 6.54 Å². The SMILES string of the molecule is N[C@H](CO)Cn1ccc(-c2ccc(Oc3ncc(-c4ccn[nH]4)cc3F)cc2)n1. The minimum Gasteiger partial charge on any atom is -0.436 e. The predicted octanol–water partition coefficient (Wildman–Crippen LogP) is 2.59. The molecule has 4 aromatic rings. The first-order chi connectivity index (χ1) is 14.1. The van der Waals surface area contributed by atoms with Crippen LogP contribution in [0.2, 0.25) is 0 Å². The van der Waals surface area contributed by atoms with Crippen LogP contribution in [0.15, 0.2) is 61.1 Å². The van der Waals surface area contributed by atoms with Crippen molar-refractivity contribution in [3.8, 4) is 34.1 Å². The topological polar surface area (TPSA) is 115 Å². The van der Waals surface area contributed by atoms with Gasteiger partial charge >= 0.3 is 0 Å². The zero-order chi connectivity index (χ0) is 20.2. The van der Waals surface area contributed by atoms with Crippen molar-refractivity contribution in [1.82, 2.24) is 25.0 Å². The molecule has 4 N–H and O–H groups in total. The number of hydrogen-bond donors (Lipinski definition) is 3. The first-order valence-corrected chi connectivity index (χ1v) is 8.96. The smallest absolute Gasteiger partial charge is 0.255 e. The second-order valence-electron chi connectivity index (χ2n) is 6.47. The number of nitrogens with zero attached hydrogens (tertiary/aromatic N) is 4. The van der Waals surface area contributed by atoms with Gasteiger partial charge in [-0.25, -0.2) is 9.37 Å². The summed E-state index contributed by atoms with van der Waals surface area (Å²) in [5, 5.41) is 20.1. The molecule has 4 rings (SSSR count). The lowest BCUT2D eigenvalue weighted by atomic mass is 10.1. The number of ether oxygens (including phenoxy) is 1. The summed E-state index contributed by atoms with van der Waals surface area (Å²) >= 11 is 0. The molecule has 3 heterocycles. The molecule has 0 bridgehead atoms. The third kappa shape index (κ3) is 4.31. The van der Waals surface area contributed by atoms with E-state index in [1.165, 1.54) is 12.3 Å². The standard InChI is InChI=1S/C20H19FN6O2/c21-17-9-14(18-5-7-24-25-18)10-23-20(17)29-16-3-1-13(2-4-16)19-6-8-27(26-19)11-15(22)12-28/h1-10,15,28H,11-12,22H2,(H,24,25)/t15-/m0/s1. The average Bonchev–Trinajstić information content (AvgIpc) is 3.42. The highest BCUT2D eigenvalue weighted by Crippen LogP contribution is 2.27. The molecule has 3 aromatic heterocycles. The molecule has 0 spiro atoms. The van der Waals surface area contributed by atoms with Crippen molar-refractivity contribution in [2.75, 3.05) is 6.61 Å². The van der Waals surface area contributed by atoms with Crippen LogP contribution in [-0.4, -0.2) is 42.7 Å². The van der Waals surface area contributed by atoms with Crippen molar-refractivity contribution in [2.45, 2.75) is 12.6 Å². The van der Waals surface area contributed by atoms with E-state index < -0.39 is 5.82 Å². The Morgan fingerprint density at radius 3 is 2.69 bits per heavy atom. The normalized spacial score (nSPS) is 12.1. The van der Waals surface area contributed by atoms with Crippen LogP contribution in [0.25, 0.3) is 22.5 Å². The van der Waals surface area contributed by atoms with Crippen molar-refractivity contribution in [1.29, 1.82) is 0 Å². The number of pyridine rings is 1. The zero-order valence-corrected chi connectivity index (χ0v) is 15.4. The van der Waals surface area contributed by atoms with Crippen molar-refractivity contribution >= 4 is 0 Å². The molecule has 9 heteroatoms. The van der Waals surface area contributed by atoms with Crippen LogP contribution >= 0.6 is 0 Å². The molecular weight excluding hydrogens is 375 g/mol. The lowest BCUT2D eigenvalue weighted by Gasteiger charge is -2.08. The monoisotopic (exact) mass is 394 g/mol. The number of nitrogens with two attached hydrogens (primary N) is 1. The van der Waals surface area contributed by atoms with Gasteiger partial charge in [0.1, 0.15) is 5.75 Å². The lowest BCUT2D eigenvalue weighted by molar-refractivity contribution is 0.251. The number of aromatic nitrogens is 5. The number of nitrogens with one attached hydrogen (secondary N) is 1. The maximum absolute atomic E-state index is 14.3. The molecule has 1 atom stereocenters. The third-order valence-electron chi connectivity index (χ3n) is 4.28. The van der Waals surface area contributed by atoms with Crippen molar-refractivity contribution < 1.29 is 14.2 Å². The van der Waals surface area contributed by atoms with E-state index in [-0.39, 0.29) is 18.5 Å². The Bertz CT molecular complexity index is 1080. The summed E-state index contributed by atoms with van der Waals surface area (Å²) < 4.78 is 21.6. The molecule has 8 nitrogen and oxygen atoms in total. The van der Waals surface area contributed by atoms with E-state index in [1.54, 1.807) is 35.3 Å². The molecule has 0 radical (unpaired) electrons. The first kappa shape index (κ1) is 18.8. The van der Waals surface area contributed by atoms with Crippen LogP contribution in [0.4, 0.5) is 4.39 Å². The van der Waals surface area contributed by atoms with E-state index in [4.69, 9.17) is 15.6 Å². The Hall–Kier alpha value is -3.56. The number of hydrogen-bond acceptors (Lipinski definition) is 6. The van der Waals surface area contributed by atoms with Crippen molar-refractivity contribution in [3.05, 3.63) is 66.9 Å². The highest BCUT2D eigenvalue weighted by atomic mass is 19.1. The van der Waals surface area contributed by atoms with Gasteiger partial charge in [0.15, 0.2) is 5.82 Å². The number of halogens is 1. The summed E-state index contributed by atoms with van der Waals surface area (Å²) in [7, 11) is 0. The number of aliphatic hydroxyl groups is 1. The van der Waals surface area contributed by atoms with Gasteiger partial charge in [-0.05, 0) is 42.5 Å². The Balaban J connectivity index is 1.46. The molecule has 0 saturated carbocycles. The molecule has 0 fully saturated rings. The van der Waals surface area contributed by atoms with Crippen LogP contribution in [0.5, 0.6) is 11.6 Å². The van der Waals surface area contributed by atoms with Gasteiger partial charge in [0.25, 0.3) is 5.88 Å². The molecule has 0 saturated heterocycles. The van der Waals surface area contributed by atoms with E-state index in [0.29, 0.717) is 23.6 Å². The number of H-pyrrole nitrogens is 1. The minimum atomic E-state index is -0.569. The first-order valence-electron chi connectivity index (χ1n) is 8.96. The third-order valence-corrected chi connectivity index (χ3v) is 4.28. The van der Waals surface area contributed by atoms with Crippen LogP contribution in [0.1, 0.15) is 0 Å². The number of aliphatic hydroxyl groups excluding tert-OH is 1. The van der Waals surface area contributed by atoms with Crippen molar-refractivity contribution in [2.24, 2.45) is 5.73 Å². The van der Waals surface area contributed by atoms with Gasteiger partial charge in [0.2, 0.25) is 0 Å². The molecule has 148 valence electrons. The summed E-state index contributed by atoms with van der Waals surface area (Å²) in [5.74, 6) is -0.223. The van der Waals surface area contributed by atoms with E-state index in [2.05, 4.69) is 20.3 Å². The fourth-order valence-electron chi connectivity index (χ4n) is 2.79. The van der Waals surface area contributed by atoms with Gasteiger partial charge in [-0.15, -0.1) is 0 Å². The second-order valence-corrected chi connectivity index (χ2v) is 6.47. The number of aromatic amines is 1. The molecular formula is C20H19FN6O2. The van der Waals surface area contributed by atoms with Gasteiger partial charge in [0.05, 0.1) is 24.5 Å². The fraction of sp³-hybridized carbons (Fsp3) is 0.150. The maximum Gasteiger partial charge on any atom is 0.255 e. The Kier molecular flexibility index (Phi) is 5.32. The van der Waals surface area contributed by atoms with Gasteiger partial charge in [-0.2, -0.15) is 10.2 Å². The van der Waals surface area contributed by atoms with Crippen molar-refractivity contribution in [3.63, 3.8) is 0 Å². The summed E-state index contributed by atoms with van der Waals surface area (Å²) in [6.07, 6.45) is 4.91. The Labute approximate surface area is 165 Å². The molecule has 0 aliphatic carbocycles. The maximum atomic E-state index is 14.3. The van der Waals surface area contributed by atoms with E-state index >= 15 is 0 Å². The zero-order valence-electron chi connectivity index (χ0n) is 15.4. The van der Waals surface area contributed by atoms with Gasteiger partial charge in [0, 0.05) is 35.8 Å². The van der Waals surface area contributed by atoms with Crippen LogP contribution in [0.3, 0.4) is 0 Å². The quantitative estimate of drug-likeness (QED) is 0.444. The van der Waals surface area contributed by atoms with Crippen LogP contribution < -0.4 is 10.5 Å². The van der Waals surface area contributed by atoms with Gasteiger partial charge in [-0.3, -0.25) is 9.78 Å². The molecule has 29 heavy (non-hydrogen) atoms.